The molecule has 0 aliphatic rings. The molecule has 48 heavy (non-hydrogen) atoms. The number of carbonyl (C=O) groups is 1. The van der Waals surface area contributed by atoms with Crippen molar-refractivity contribution in [2.45, 2.75) is 86.5 Å². The van der Waals surface area contributed by atoms with Crippen LogP contribution in [0.1, 0.15) is 85.3 Å². The zero-order valence-electron chi connectivity index (χ0n) is 29.3. The number of aliphatic hydroxyl groups is 1. The summed E-state index contributed by atoms with van der Waals surface area (Å²) in [4.78, 5) is 25.7. The molecule has 0 aliphatic carbocycles. The topological polar surface area (TPSA) is 67.4 Å². The number of aryl methyl sites for hydroxylation is 1. The summed E-state index contributed by atoms with van der Waals surface area (Å²) in [6.45, 7) is 24.1. The minimum Gasteiger partial charge on any atom is -0.512 e. The molecule has 0 unspecified atom stereocenters. The van der Waals surface area contributed by atoms with Crippen LogP contribution >= 0.6 is 11.3 Å². The smallest absolute Gasteiger partial charge is 0.187 e. The van der Waals surface area contributed by atoms with Crippen LogP contribution in [-0.2, 0) is 30.3 Å². The molecule has 1 radical (unpaired) electrons. The van der Waals surface area contributed by atoms with E-state index in [2.05, 4.69) is 73.9 Å². The van der Waals surface area contributed by atoms with Crippen LogP contribution in [0.3, 0.4) is 0 Å². The second-order valence-electron chi connectivity index (χ2n) is 13.0. The summed E-state index contributed by atoms with van der Waals surface area (Å²) in [6.07, 6.45) is 6.56. The van der Waals surface area contributed by atoms with E-state index in [1.165, 1.54) is 17.0 Å². The number of hydrogen-bond acceptors (Lipinski definition) is 5. The molecule has 0 aliphatic heterocycles. The fourth-order valence-electron chi connectivity index (χ4n) is 5.94. The first-order valence-corrected chi connectivity index (χ1v) is 17.4. The number of ketones is 1. The third-order valence-electron chi connectivity index (χ3n) is 8.88. The van der Waals surface area contributed by atoms with E-state index in [0.717, 1.165) is 68.5 Å². The number of aliphatic hydroxyl groups excluding tert-OH is 1. The molecule has 2 aromatic heterocycles. The molecule has 7 heteroatoms. The molecule has 253 valence electrons. The Morgan fingerprint density at radius 1 is 0.979 bits per heavy atom. The van der Waals surface area contributed by atoms with Crippen LogP contribution in [0.25, 0.3) is 47.5 Å². The third-order valence-corrected chi connectivity index (χ3v) is 10.2. The Balaban J connectivity index is 0.000000334. The molecule has 0 bridgehead atoms. The van der Waals surface area contributed by atoms with Gasteiger partial charge < -0.3 is 5.11 Å². The van der Waals surface area contributed by atoms with Crippen molar-refractivity contribution in [3.63, 3.8) is 0 Å². The van der Waals surface area contributed by atoms with Gasteiger partial charge in [-0.05, 0) is 49.1 Å². The molecule has 3 aromatic carbocycles. The number of benzene rings is 3. The molecular formula is C41H46IrN3O2S-. The minimum atomic E-state index is -0.00320. The second-order valence-corrected chi connectivity index (χ2v) is 14.0. The normalized spacial score (nSPS) is 11.7. The summed E-state index contributed by atoms with van der Waals surface area (Å²) in [5.41, 5.74) is 7.06. The molecule has 0 saturated heterocycles. The number of nitrogens with zero attached hydrogens (tertiary/aromatic N) is 3. The van der Waals surface area contributed by atoms with Crippen molar-refractivity contribution in [3.05, 3.63) is 101 Å². The van der Waals surface area contributed by atoms with Gasteiger partial charge in [0.2, 0.25) is 0 Å². The number of fused-ring (bicyclic) bond motifs is 2. The monoisotopic (exact) mass is 837 g/mol. The van der Waals surface area contributed by atoms with E-state index < -0.39 is 0 Å². The summed E-state index contributed by atoms with van der Waals surface area (Å²) in [6, 6.07) is 22.1. The molecule has 5 rings (SSSR count). The number of carbonyl (C=O) groups excluding carboxylic acids is 1. The van der Waals surface area contributed by atoms with Crippen molar-refractivity contribution >= 4 is 43.8 Å². The van der Waals surface area contributed by atoms with E-state index in [-0.39, 0.29) is 48.9 Å². The Morgan fingerprint density at radius 3 is 2.19 bits per heavy atom. The van der Waals surface area contributed by atoms with Crippen molar-refractivity contribution in [2.75, 3.05) is 0 Å². The standard InChI is InChI=1S/C28H22N3S.C13H24O2.Ir/c1-17-24-27(32-26(17)18-10-12-21(29-5)13-11-18)25(31-16-30-24)20-14-19-8-6-7-9-22(19)23(15-20)28(2,3)4;1-5-10(6-2)12(14)9-13(15)11(7-3)8-4;/h6-13,15-16H,1-4H3;9-11,14H,5-8H2,1-4H3;/q-1;;/b;12-9-;. The second kappa shape index (κ2) is 17.1. The molecule has 5 aromatic rings. The number of allylic oxidation sites excluding steroid dienone is 2. The summed E-state index contributed by atoms with van der Waals surface area (Å²) in [5, 5.41) is 12.1. The molecule has 5 nitrogen and oxygen atoms in total. The summed E-state index contributed by atoms with van der Waals surface area (Å²) in [5.74, 6) is 0.547. The maximum Gasteiger partial charge on any atom is 0.187 e. The number of rotatable bonds is 9. The molecule has 0 saturated carbocycles. The van der Waals surface area contributed by atoms with Crippen molar-refractivity contribution < 1.29 is 30.0 Å². The van der Waals surface area contributed by atoms with Gasteiger partial charge in [0.05, 0.1) is 17.8 Å². The Hall–Kier alpha value is -3.69. The summed E-state index contributed by atoms with van der Waals surface area (Å²) in [7, 11) is 0. The van der Waals surface area contributed by atoms with Gasteiger partial charge in [-0.3, -0.25) is 9.78 Å². The van der Waals surface area contributed by atoms with Gasteiger partial charge in [-0.2, -0.15) is 0 Å². The van der Waals surface area contributed by atoms with Gasteiger partial charge in [-0.25, -0.2) is 9.83 Å². The van der Waals surface area contributed by atoms with Crippen LogP contribution in [0.5, 0.6) is 0 Å². The molecule has 0 spiro atoms. The molecule has 2 heterocycles. The first-order chi connectivity index (χ1) is 22.5. The van der Waals surface area contributed by atoms with Gasteiger partial charge in [-0.15, -0.1) is 40.5 Å². The summed E-state index contributed by atoms with van der Waals surface area (Å²) < 4.78 is 1.07. The van der Waals surface area contributed by atoms with E-state index in [1.807, 2.05) is 52.0 Å². The molecule has 0 fully saturated rings. The van der Waals surface area contributed by atoms with Crippen molar-refractivity contribution in [3.8, 4) is 21.7 Å². The molecule has 0 amide bonds. The van der Waals surface area contributed by atoms with E-state index in [1.54, 1.807) is 17.7 Å². The Morgan fingerprint density at radius 2 is 1.60 bits per heavy atom. The average Bonchev–Trinajstić information content (AvgIpc) is 3.41. The maximum atomic E-state index is 11.7. The predicted octanol–water partition coefficient (Wildman–Crippen LogP) is 12.0. The fourth-order valence-corrected chi connectivity index (χ4v) is 7.21. The third kappa shape index (κ3) is 8.66. The quantitative estimate of drug-likeness (QED) is 0.0912. The van der Waals surface area contributed by atoms with E-state index in [0.29, 0.717) is 5.69 Å². The van der Waals surface area contributed by atoms with Gasteiger partial charge in [0, 0.05) is 53.3 Å². The number of hydrogen-bond donors (Lipinski definition) is 1. The van der Waals surface area contributed by atoms with E-state index in [4.69, 9.17) is 11.6 Å². The Kier molecular flexibility index (Phi) is 13.8. The number of thiophene rings is 1. The Labute approximate surface area is 303 Å². The van der Waals surface area contributed by atoms with Crippen LogP contribution < -0.4 is 0 Å². The van der Waals surface area contributed by atoms with Crippen LogP contribution in [0.15, 0.2) is 72.8 Å². The van der Waals surface area contributed by atoms with E-state index >= 15 is 0 Å². The van der Waals surface area contributed by atoms with Gasteiger partial charge in [0.25, 0.3) is 0 Å². The fraction of sp³-hybridized carbons (Fsp3) is 0.366. The molecular weight excluding hydrogens is 791 g/mol. The van der Waals surface area contributed by atoms with Crippen molar-refractivity contribution in [1.82, 2.24) is 9.97 Å². The van der Waals surface area contributed by atoms with Crippen LogP contribution in [0.2, 0.25) is 0 Å². The minimum absolute atomic E-state index is 0. The van der Waals surface area contributed by atoms with Crippen molar-refractivity contribution in [1.29, 1.82) is 0 Å². The van der Waals surface area contributed by atoms with Gasteiger partial charge >= 0.3 is 0 Å². The zero-order chi connectivity index (χ0) is 34.3. The average molecular weight is 837 g/mol. The van der Waals surface area contributed by atoms with Gasteiger partial charge in [0.1, 0.15) is 6.33 Å². The van der Waals surface area contributed by atoms with Gasteiger partial charge in [-0.1, -0.05) is 102 Å². The van der Waals surface area contributed by atoms with Crippen LogP contribution in [0.4, 0.5) is 5.69 Å². The molecule has 1 N–H and O–H groups in total. The molecule has 0 atom stereocenters. The first-order valence-electron chi connectivity index (χ1n) is 16.6. The predicted molar refractivity (Wildman–Crippen MR) is 198 cm³/mol. The first kappa shape index (κ1) is 38.8. The summed E-state index contributed by atoms with van der Waals surface area (Å²) >= 11 is 1.71. The van der Waals surface area contributed by atoms with Crippen LogP contribution in [0, 0.1) is 31.4 Å². The zero-order valence-corrected chi connectivity index (χ0v) is 32.5. The number of aromatic nitrogens is 2. The SMILES string of the molecule is CCC(CC)C(=O)/C=C(\O)C(CC)CC.[C-]#[N+]c1ccc(-c2sc3c(-c4[c-]c5ccccc5c(C(C)(C)C)c4)ncnc3c2C)cc1.[Ir]. The van der Waals surface area contributed by atoms with Crippen molar-refractivity contribution in [2.24, 2.45) is 11.8 Å². The van der Waals surface area contributed by atoms with E-state index in [9.17, 15) is 9.90 Å². The van der Waals surface area contributed by atoms with Gasteiger partial charge in [0.15, 0.2) is 11.5 Å². The Bertz CT molecular complexity index is 1920. The largest absolute Gasteiger partial charge is 0.512 e. The van der Waals surface area contributed by atoms with Crippen LogP contribution in [-0.4, -0.2) is 20.9 Å². The maximum absolute atomic E-state index is 11.7.